The average Bonchev–Trinajstić information content (AvgIpc) is 3.22. The minimum Gasteiger partial charge on any atom is -0.481 e. The van der Waals surface area contributed by atoms with Crippen molar-refractivity contribution in [2.75, 3.05) is 11.9 Å². The molecule has 0 bridgehead atoms. The predicted molar refractivity (Wildman–Crippen MR) is 113 cm³/mol. The molecular weight excluding hydrogens is 436 g/mol. The number of carbonyl (C=O) groups excluding carboxylic acids is 2. The van der Waals surface area contributed by atoms with E-state index in [2.05, 4.69) is 21.2 Å². The molecule has 2 amide bonds. The third-order valence-electron chi connectivity index (χ3n) is 4.10. The van der Waals surface area contributed by atoms with Crippen LogP contribution in [-0.2, 0) is 16.1 Å². The number of halogens is 1. The zero-order valence-electron chi connectivity index (χ0n) is 15.9. The quantitative estimate of drug-likeness (QED) is 0.542. The summed E-state index contributed by atoms with van der Waals surface area (Å²) in [6.45, 7) is 1.71. The molecule has 1 unspecified atom stereocenters. The fourth-order valence-corrected chi connectivity index (χ4v) is 2.99. The third kappa shape index (κ3) is 6.22. The molecular formula is C22H21BrN2O4. The number of benzene rings is 2. The maximum absolute atomic E-state index is 13.0. The van der Waals surface area contributed by atoms with Crippen LogP contribution in [0.5, 0.6) is 5.75 Å². The Balaban J connectivity index is 1.68. The van der Waals surface area contributed by atoms with Gasteiger partial charge in [0.05, 0.1) is 12.8 Å². The largest absolute Gasteiger partial charge is 0.481 e. The van der Waals surface area contributed by atoms with E-state index in [0.29, 0.717) is 17.2 Å². The van der Waals surface area contributed by atoms with Crippen molar-refractivity contribution in [1.82, 2.24) is 4.90 Å². The van der Waals surface area contributed by atoms with E-state index in [1.165, 1.54) is 11.2 Å². The van der Waals surface area contributed by atoms with Crippen LogP contribution in [0.4, 0.5) is 5.69 Å². The number of anilines is 1. The van der Waals surface area contributed by atoms with Gasteiger partial charge < -0.3 is 19.4 Å². The van der Waals surface area contributed by atoms with E-state index in [9.17, 15) is 9.59 Å². The van der Waals surface area contributed by atoms with Gasteiger partial charge in [0.2, 0.25) is 5.91 Å². The number of amides is 2. The molecule has 7 heteroatoms. The fraction of sp³-hybridized carbons (Fsp3) is 0.182. The summed E-state index contributed by atoms with van der Waals surface area (Å²) >= 11 is 3.37. The maximum Gasteiger partial charge on any atom is 0.264 e. The van der Waals surface area contributed by atoms with Crippen LogP contribution in [-0.4, -0.2) is 29.4 Å². The molecule has 29 heavy (non-hydrogen) atoms. The van der Waals surface area contributed by atoms with Crippen molar-refractivity contribution in [3.05, 3.63) is 83.2 Å². The Morgan fingerprint density at radius 3 is 2.45 bits per heavy atom. The van der Waals surface area contributed by atoms with Gasteiger partial charge >= 0.3 is 0 Å². The maximum atomic E-state index is 13.0. The summed E-state index contributed by atoms with van der Waals surface area (Å²) in [6.07, 6.45) is 0.764. The lowest BCUT2D eigenvalue weighted by molar-refractivity contribution is -0.141. The van der Waals surface area contributed by atoms with Crippen molar-refractivity contribution < 1.29 is 18.7 Å². The van der Waals surface area contributed by atoms with Gasteiger partial charge in [0, 0.05) is 10.2 Å². The minimum absolute atomic E-state index is 0.123. The number of para-hydroxylation sites is 1. The summed E-state index contributed by atoms with van der Waals surface area (Å²) in [6, 6.07) is 19.8. The summed E-state index contributed by atoms with van der Waals surface area (Å²) < 4.78 is 12.0. The van der Waals surface area contributed by atoms with Crippen LogP contribution in [0.2, 0.25) is 0 Å². The average molecular weight is 457 g/mol. The molecule has 0 saturated heterocycles. The molecule has 150 valence electrons. The molecule has 1 atom stereocenters. The van der Waals surface area contributed by atoms with Gasteiger partial charge in [-0.1, -0.05) is 34.1 Å². The monoisotopic (exact) mass is 456 g/mol. The van der Waals surface area contributed by atoms with E-state index in [1.54, 1.807) is 43.3 Å². The van der Waals surface area contributed by atoms with E-state index in [-0.39, 0.29) is 24.9 Å². The number of hydrogen-bond acceptors (Lipinski definition) is 4. The number of hydrogen-bond donors (Lipinski definition) is 1. The summed E-state index contributed by atoms with van der Waals surface area (Å²) in [4.78, 5) is 26.9. The van der Waals surface area contributed by atoms with Crippen LogP contribution in [0.15, 0.2) is 81.9 Å². The van der Waals surface area contributed by atoms with E-state index in [1.807, 2.05) is 30.3 Å². The van der Waals surface area contributed by atoms with Crippen molar-refractivity contribution >= 4 is 33.4 Å². The Bertz CT molecular complexity index is 927. The van der Waals surface area contributed by atoms with Gasteiger partial charge in [-0.3, -0.25) is 9.59 Å². The van der Waals surface area contributed by atoms with E-state index < -0.39 is 6.10 Å². The van der Waals surface area contributed by atoms with Crippen LogP contribution < -0.4 is 10.1 Å². The van der Waals surface area contributed by atoms with Gasteiger partial charge in [-0.25, -0.2) is 0 Å². The van der Waals surface area contributed by atoms with Gasteiger partial charge in [-0.05, 0) is 55.5 Å². The lowest BCUT2D eigenvalue weighted by Gasteiger charge is -2.25. The Labute approximate surface area is 177 Å². The normalized spacial score (nSPS) is 11.5. The first-order valence-corrected chi connectivity index (χ1v) is 9.89. The minimum atomic E-state index is -0.768. The van der Waals surface area contributed by atoms with Gasteiger partial charge in [-0.15, -0.1) is 0 Å². The van der Waals surface area contributed by atoms with Crippen molar-refractivity contribution in [2.45, 2.75) is 19.6 Å². The van der Waals surface area contributed by atoms with Crippen molar-refractivity contribution in [1.29, 1.82) is 0 Å². The zero-order chi connectivity index (χ0) is 20.6. The molecule has 3 rings (SSSR count). The number of ether oxygens (including phenoxy) is 1. The second-order valence-corrected chi connectivity index (χ2v) is 7.32. The predicted octanol–water partition coefficient (Wildman–Crippen LogP) is 4.48. The Morgan fingerprint density at radius 1 is 1.07 bits per heavy atom. The van der Waals surface area contributed by atoms with Crippen LogP contribution in [0.1, 0.15) is 12.7 Å². The molecule has 6 nitrogen and oxygen atoms in total. The number of nitrogens with zero attached hydrogens (tertiary/aromatic N) is 1. The molecule has 0 radical (unpaired) electrons. The highest BCUT2D eigenvalue weighted by Crippen LogP contribution is 2.18. The van der Waals surface area contributed by atoms with Crippen LogP contribution in [0.3, 0.4) is 0 Å². The number of carbonyl (C=O) groups is 2. The van der Waals surface area contributed by atoms with Crippen LogP contribution in [0.25, 0.3) is 0 Å². The lowest BCUT2D eigenvalue weighted by atomic mass is 10.2. The highest BCUT2D eigenvalue weighted by Gasteiger charge is 2.25. The molecule has 0 saturated carbocycles. The molecule has 0 fully saturated rings. The molecule has 1 aromatic heterocycles. The Kier molecular flexibility index (Phi) is 7.08. The van der Waals surface area contributed by atoms with Gasteiger partial charge in [-0.2, -0.15) is 0 Å². The molecule has 0 aliphatic carbocycles. The molecule has 0 aliphatic heterocycles. The standard InChI is InChI=1S/C22H21BrN2O4/c1-16(29-19-11-9-17(23)10-12-19)22(27)25(14-20-8-5-13-28-20)15-21(26)24-18-6-3-2-4-7-18/h2-13,16H,14-15H2,1H3,(H,24,26). The Hall–Kier alpha value is -3.06. The highest BCUT2D eigenvalue weighted by molar-refractivity contribution is 9.10. The van der Waals surface area contributed by atoms with E-state index >= 15 is 0 Å². The second-order valence-electron chi connectivity index (χ2n) is 6.40. The molecule has 1 N–H and O–H groups in total. The second kappa shape index (κ2) is 9.93. The summed E-state index contributed by atoms with van der Waals surface area (Å²) in [5.41, 5.74) is 0.669. The van der Waals surface area contributed by atoms with Crippen molar-refractivity contribution in [3.63, 3.8) is 0 Å². The molecule has 3 aromatic rings. The Morgan fingerprint density at radius 2 is 1.79 bits per heavy atom. The number of nitrogens with one attached hydrogen (secondary N) is 1. The number of furan rings is 1. The molecule has 2 aromatic carbocycles. The van der Waals surface area contributed by atoms with Gasteiger partial charge in [0.25, 0.3) is 5.91 Å². The van der Waals surface area contributed by atoms with Crippen molar-refractivity contribution in [2.24, 2.45) is 0 Å². The first-order valence-electron chi connectivity index (χ1n) is 9.09. The lowest BCUT2D eigenvalue weighted by Crippen LogP contribution is -2.43. The van der Waals surface area contributed by atoms with Gasteiger partial charge in [0.15, 0.2) is 6.10 Å². The number of rotatable bonds is 8. The van der Waals surface area contributed by atoms with Crippen molar-refractivity contribution in [3.8, 4) is 5.75 Å². The summed E-state index contributed by atoms with van der Waals surface area (Å²) in [5, 5.41) is 2.79. The van der Waals surface area contributed by atoms with Crippen LogP contribution >= 0.6 is 15.9 Å². The first kappa shape index (κ1) is 20.7. The topological polar surface area (TPSA) is 71.8 Å². The highest BCUT2D eigenvalue weighted by atomic mass is 79.9. The molecule has 0 aliphatic rings. The SMILES string of the molecule is CC(Oc1ccc(Br)cc1)C(=O)N(CC(=O)Nc1ccccc1)Cc1ccco1. The van der Waals surface area contributed by atoms with Crippen LogP contribution in [0, 0.1) is 0 Å². The van der Waals surface area contributed by atoms with E-state index in [0.717, 1.165) is 4.47 Å². The molecule has 1 heterocycles. The smallest absolute Gasteiger partial charge is 0.264 e. The van der Waals surface area contributed by atoms with E-state index in [4.69, 9.17) is 9.15 Å². The zero-order valence-corrected chi connectivity index (χ0v) is 17.5. The summed E-state index contributed by atoms with van der Waals surface area (Å²) in [7, 11) is 0. The first-order chi connectivity index (χ1) is 14.0. The third-order valence-corrected chi connectivity index (χ3v) is 4.63. The molecule has 0 spiro atoms. The summed E-state index contributed by atoms with van der Waals surface area (Å²) in [5.74, 6) is 0.543. The van der Waals surface area contributed by atoms with Gasteiger partial charge in [0.1, 0.15) is 18.1 Å². The fourth-order valence-electron chi connectivity index (χ4n) is 2.72.